The number of hydrogen-bond donors (Lipinski definition) is 2. The number of amides is 1. The van der Waals surface area contributed by atoms with Gasteiger partial charge in [-0.05, 0) is 68.9 Å². The predicted octanol–water partition coefficient (Wildman–Crippen LogP) is 2.39. The lowest BCUT2D eigenvalue weighted by atomic mass is 9.88. The average molecular weight is 447 g/mol. The third-order valence-electron chi connectivity index (χ3n) is 5.77. The molecule has 1 amide bonds. The van der Waals surface area contributed by atoms with Gasteiger partial charge in [-0.2, -0.15) is 0 Å². The number of Topliss-reactive ketones (excluding diaryl/α,β-unsaturated/α-hetero) is 1. The van der Waals surface area contributed by atoms with E-state index in [2.05, 4.69) is 36.1 Å². The summed E-state index contributed by atoms with van der Waals surface area (Å²) in [5.41, 5.74) is 6.76. The fourth-order valence-electron chi connectivity index (χ4n) is 3.95. The standard InChI is InChI=1S/C24H38N4O4/c1-16(2)12-19(20(29)13-17-8-10-28(3)11-9-17)26-24(25)27-23(30)15-18-6-7-21(31-4)22(14-18)32-5/h6-7,14,16-17,19H,8-13,15H2,1-5H3,(H3,25,26,27,30)/t19-/m1/s1. The zero-order valence-electron chi connectivity index (χ0n) is 20.0. The summed E-state index contributed by atoms with van der Waals surface area (Å²) in [5.74, 6) is 1.62. The molecule has 1 heterocycles. The maximum absolute atomic E-state index is 13.0. The molecule has 1 aromatic rings. The smallest absolute Gasteiger partial charge is 0.231 e. The Morgan fingerprint density at radius 3 is 2.44 bits per heavy atom. The van der Waals surface area contributed by atoms with Crippen molar-refractivity contribution in [2.24, 2.45) is 22.6 Å². The molecule has 0 spiro atoms. The number of ketones is 1. The van der Waals surface area contributed by atoms with Crippen molar-refractivity contribution >= 4 is 17.6 Å². The largest absolute Gasteiger partial charge is 0.493 e. The number of guanidine groups is 1. The van der Waals surface area contributed by atoms with Crippen LogP contribution in [0.3, 0.4) is 0 Å². The molecule has 178 valence electrons. The van der Waals surface area contributed by atoms with Crippen LogP contribution in [0.25, 0.3) is 0 Å². The molecule has 1 aliphatic heterocycles. The number of likely N-dealkylation sites (tertiary alicyclic amines) is 1. The Morgan fingerprint density at radius 2 is 1.84 bits per heavy atom. The molecule has 0 aromatic heterocycles. The quantitative estimate of drug-likeness (QED) is 0.422. The second kappa shape index (κ2) is 12.4. The fraction of sp³-hybridized carbons (Fsp3) is 0.625. The highest BCUT2D eigenvalue weighted by atomic mass is 16.5. The summed E-state index contributed by atoms with van der Waals surface area (Å²) in [5, 5.41) is 2.62. The molecule has 0 radical (unpaired) electrons. The lowest BCUT2D eigenvalue weighted by Crippen LogP contribution is -2.40. The SMILES string of the molecule is COc1ccc(CC(=O)NC(N)=N[C@H](CC(C)C)C(=O)CC2CCN(C)CC2)cc1OC. The number of rotatable bonds is 10. The van der Waals surface area contributed by atoms with E-state index in [1.54, 1.807) is 32.4 Å². The zero-order valence-corrected chi connectivity index (χ0v) is 20.0. The summed E-state index contributed by atoms with van der Waals surface area (Å²) in [6.07, 6.45) is 3.28. The molecule has 8 nitrogen and oxygen atoms in total. The number of hydrogen-bond acceptors (Lipinski definition) is 6. The van der Waals surface area contributed by atoms with Crippen LogP contribution >= 0.6 is 0 Å². The summed E-state index contributed by atoms with van der Waals surface area (Å²) in [6.45, 7) is 6.14. The number of nitrogens with two attached hydrogens (primary N) is 1. The molecule has 2 rings (SSSR count). The summed E-state index contributed by atoms with van der Waals surface area (Å²) in [6, 6.07) is 4.76. The van der Waals surface area contributed by atoms with Crippen molar-refractivity contribution in [2.45, 2.75) is 52.0 Å². The maximum atomic E-state index is 13.0. The third kappa shape index (κ3) is 8.15. The van der Waals surface area contributed by atoms with Crippen LogP contribution in [0.1, 0.15) is 45.1 Å². The van der Waals surface area contributed by atoms with Crippen LogP contribution in [-0.2, 0) is 16.0 Å². The number of methoxy groups -OCH3 is 2. The highest BCUT2D eigenvalue weighted by Crippen LogP contribution is 2.27. The summed E-state index contributed by atoms with van der Waals surface area (Å²) < 4.78 is 10.5. The van der Waals surface area contributed by atoms with Crippen molar-refractivity contribution in [3.63, 3.8) is 0 Å². The third-order valence-corrected chi connectivity index (χ3v) is 5.77. The molecule has 1 atom stereocenters. The van der Waals surface area contributed by atoms with Gasteiger partial charge in [0.15, 0.2) is 23.2 Å². The van der Waals surface area contributed by atoms with Gasteiger partial charge < -0.3 is 20.1 Å². The van der Waals surface area contributed by atoms with E-state index in [-0.39, 0.29) is 24.1 Å². The molecule has 0 saturated carbocycles. The van der Waals surface area contributed by atoms with E-state index in [1.165, 1.54) is 0 Å². The minimum absolute atomic E-state index is 0.0159. The van der Waals surface area contributed by atoms with Crippen molar-refractivity contribution in [1.29, 1.82) is 0 Å². The first-order valence-electron chi connectivity index (χ1n) is 11.3. The van der Waals surface area contributed by atoms with Gasteiger partial charge in [0.25, 0.3) is 0 Å². The Morgan fingerprint density at radius 1 is 1.19 bits per heavy atom. The molecular weight excluding hydrogens is 408 g/mol. The molecule has 1 saturated heterocycles. The maximum Gasteiger partial charge on any atom is 0.231 e. The van der Waals surface area contributed by atoms with Crippen LogP contribution in [-0.4, -0.2) is 62.9 Å². The van der Waals surface area contributed by atoms with E-state index in [4.69, 9.17) is 15.2 Å². The van der Waals surface area contributed by atoms with E-state index in [9.17, 15) is 9.59 Å². The van der Waals surface area contributed by atoms with Crippen LogP contribution < -0.4 is 20.5 Å². The van der Waals surface area contributed by atoms with Crippen molar-refractivity contribution in [3.05, 3.63) is 23.8 Å². The van der Waals surface area contributed by atoms with Crippen molar-refractivity contribution in [2.75, 3.05) is 34.4 Å². The Balaban J connectivity index is 1.99. The second-order valence-electron chi connectivity index (χ2n) is 8.99. The number of ether oxygens (including phenoxy) is 2. The molecule has 1 aromatic carbocycles. The van der Waals surface area contributed by atoms with Crippen LogP contribution in [0.15, 0.2) is 23.2 Å². The van der Waals surface area contributed by atoms with E-state index >= 15 is 0 Å². The minimum Gasteiger partial charge on any atom is -0.493 e. The lowest BCUT2D eigenvalue weighted by Gasteiger charge is -2.29. The van der Waals surface area contributed by atoms with Gasteiger partial charge in [0.1, 0.15) is 6.04 Å². The zero-order chi connectivity index (χ0) is 23.7. The van der Waals surface area contributed by atoms with Crippen molar-refractivity contribution in [1.82, 2.24) is 10.2 Å². The van der Waals surface area contributed by atoms with Gasteiger partial charge in [-0.1, -0.05) is 19.9 Å². The van der Waals surface area contributed by atoms with Gasteiger partial charge in [-0.25, -0.2) is 4.99 Å². The monoisotopic (exact) mass is 446 g/mol. The number of aliphatic imine (C=N–C) groups is 1. The van der Waals surface area contributed by atoms with E-state index in [0.717, 1.165) is 31.5 Å². The number of carbonyl (C=O) groups excluding carboxylic acids is 2. The first kappa shape index (κ1) is 25.6. The molecule has 0 unspecified atom stereocenters. The lowest BCUT2D eigenvalue weighted by molar-refractivity contribution is -0.122. The molecule has 1 aliphatic rings. The Labute approximate surface area is 191 Å². The van der Waals surface area contributed by atoms with Gasteiger partial charge in [0, 0.05) is 6.42 Å². The van der Waals surface area contributed by atoms with Gasteiger partial charge in [0.05, 0.1) is 20.6 Å². The van der Waals surface area contributed by atoms with Crippen LogP contribution in [0, 0.1) is 11.8 Å². The minimum atomic E-state index is -0.531. The molecule has 0 bridgehead atoms. The molecule has 8 heteroatoms. The average Bonchev–Trinajstić information content (AvgIpc) is 2.74. The highest BCUT2D eigenvalue weighted by Gasteiger charge is 2.25. The summed E-state index contributed by atoms with van der Waals surface area (Å²) >= 11 is 0. The summed E-state index contributed by atoms with van der Waals surface area (Å²) in [7, 11) is 5.21. The van der Waals surface area contributed by atoms with E-state index in [0.29, 0.717) is 36.2 Å². The molecule has 3 N–H and O–H groups in total. The van der Waals surface area contributed by atoms with E-state index < -0.39 is 6.04 Å². The number of nitrogens with zero attached hydrogens (tertiary/aromatic N) is 2. The van der Waals surface area contributed by atoms with Crippen LogP contribution in [0.5, 0.6) is 11.5 Å². The fourth-order valence-corrected chi connectivity index (χ4v) is 3.95. The Hall–Kier alpha value is -2.61. The molecule has 1 fully saturated rings. The van der Waals surface area contributed by atoms with Gasteiger partial charge in [-0.3, -0.25) is 14.9 Å². The summed E-state index contributed by atoms with van der Waals surface area (Å²) in [4.78, 5) is 32.1. The van der Waals surface area contributed by atoms with Gasteiger partial charge in [-0.15, -0.1) is 0 Å². The number of benzene rings is 1. The number of piperidine rings is 1. The molecular formula is C24H38N4O4. The number of carbonyl (C=O) groups is 2. The second-order valence-corrected chi connectivity index (χ2v) is 8.99. The number of nitrogens with one attached hydrogen (secondary N) is 1. The van der Waals surface area contributed by atoms with Crippen molar-refractivity contribution in [3.8, 4) is 11.5 Å². The topological polar surface area (TPSA) is 106 Å². The highest BCUT2D eigenvalue weighted by molar-refractivity contribution is 5.98. The van der Waals surface area contributed by atoms with Gasteiger partial charge in [0.2, 0.25) is 5.91 Å². The molecule has 0 aliphatic carbocycles. The van der Waals surface area contributed by atoms with Crippen molar-refractivity contribution < 1.29 is 19.1 Å². The predicted molar refractivity (Wildman–Crippen MR) is 126 cm³/mol. The van der Waals surface area contributed by atoms with E-state index in [1.807, 2.05) is 0 Å². The first-order valence-corrected chi connectivity index (χ1v) is 11.3. The normalized spacial score (nSPS) is 16.6. The molecule has 32 heavy (non-hydrogen) atoms. The van der Waals surface area contributed by atoms with Crippen LogP contribution in [0.2, 0.25) is 0 Å². The first-order chi connectivity index (χ1) is 15.2. The van der Waals surface area contributed by atoms with Gasteiger partial charge >= 0.3 is 0 Å². The Kier molecular flexibility index (Phi) is 9.97. The van der Waals surface area contributed by atoms with Crippen LogP contribution in [0.4, 0.5) is 0 Å². The Bertz CT molecular complexity index is 801.